The fourth-order valence-corrected chi connectivity index (χ4v) is 6.24. The summed E-state index contributed by atoms with van der Waals surface area (Å²) in [6.07, 6.45) is 4.58. The summed E-state index contributed by atoms with van der Waals surface area (Å²) in [6.45, 7) is 17.0. The molecule has 0 aromatic rings. The summed E-state index contributed by atoms with van der Waals surface area (Å²) >= 11 is 2.81. The fraction of sp³-hybridized carbons (Fsp3) is 0.931. The van der Waals surface area contributed by atoms with Crippen LogP contribution in [0.25, 0.3) is 0 Å². The molecule has 36 heavy (non-hydrogen) atoms. The number of rotatable bonds is 2. The van der Waals surface area contributed by atoms with Crippen LogP contribution in [0.4, 0.5) is 0 Å². The van der Waals surface area contributed by atoms with Gasteiger partial charge in [-0.05, 0) is 27.4 Å². The van der Waals surface area contributed by atoms with Crippen molar-refractivity contribution in [2.45, 2.75) is 125 Å². The minimum absolute atomic E-state index is 0.0719. The first-order chi connectivity index (χ1) is 16.7. The van der Waals surface area contributed by atoms with Crippen molar-refractivity contribution in [3.63, 3.8) is 0 Å². The van der Waals surface area contributed by atoms with Crippen LogP contribution in [0.2, 0.25) is 0 Å². The zero-order valence-corrected chi connectivity index (χ0v) is 26.0. The Hall–Kier alpha value is -0.236. The molecule has 2 aliphatic heterocycles. The molecule has 0 aromatic carbocycles. The summed E-state index contributed by atoms with van der Waals surface area (Å²) in [4.78, 5) is 14.7. The van der Waals surface area contributed by atoms with Crippen molar-refractivity contribution in [1.82, 2.24) is 4.90 Å². The number of carbonyl (C=O) groups is 1. The van der Waals surface area contributed by atoms with Crippen molar-refractivity contribution in [2.75, 3.05) is 14.1 Å². The van der Waals surface area contributed by atoms with E-state index in [0.717, 1.165) is 38.5 Å². The summed E-state index contributed by atoms with van der Waals surface area (Å²) in [5.74, 6) is 1.29. The molecule has 0 aliphatic carbocycles. The third kappa shape index (κ3) is 10.9. The van der Waals surface area contributed by atoms with Gasteiger partial charge < -0.3 is 14.7 Å². The van der Waals surface area contributed by atoms with Gasteiger partial charge in [0, 0.05) is 12.5 Å². The van der Waals surface area contributed by atoms with Crippen LogP contribution in [0.5, 0.6) is 0 Å². The number of hydrogen-bond acceptors (Lipinski definition) is 6. The molecule has 6 nitrogen and oxygen atoms in total. The van der Waals surface area contributed by atoms with Crippen LogP contribution < -0.4 is 0 Å². The van der Waals surface area contributed by atoms with Gasteiger partial charge in [-0.1, -0.05) is 0 Å². The second-order valence-electron chi connectivity index (χ2n) is 12.1. The number of hydrogen-bond donors (Lipinski definition) is 2. The van der Waals surface area contributed by atoms with Crippen LogP contribution in [-0.4, -0.2) is 70.0 Å². The maximum atomic E-state index is 12.5. The van der Waals surface area contributed by atoms with E-state index in [1.54, 1.807) is 6.92 Å². The van der Waals surface area contributed by atoms with E-state index in [-0.39, 0.29) is 24.1 Å². The zero-order chi connectivity index (χ0) is 27.7. The molecule has 2 N–H and O–H groups in total. The molecule has 0 aromatic heterocycles. The van der Waals surface area contributed by atoms with Crippen LogP contribution in [0, 0.1) is 35.5 Å². The number of aliphatic hydroxyl groups is 2. The van der Waals surface area contributed by atoms with Crippen molar-refractivity contribution in [3.05, 3.63) is 0 Å². The Morgan fingerprint density at radius 3 is 2.00 bits per heavy atom. The third-order valence-electron chi connectivity index (χ3n) is 8.23. The Morgan fingerprint density at radius 2 is 1.47 bits per heavy atom. The second kappa shape index (κ2) is 16.0. The van der Waals surface area contributed by atoms with Crippen molar-refractivity contribution in [3.8, 4) is 0 Å². The van der Waals surface area contributed by atoms with E-state index < -0.39 is 18.3 Å². The second-order valence-corrected chi connectivity index (χ2v) is 13.0. The van der Waals surface area contributed by atoms with Gasteiger partial charge >= 0.3 is 164 Å². The molecule has 0 radical (unpaired) electrons. The molecule has 0 saturated carbocycles. The molecule has 8 unspecified atom stereocenters. The minimum atomic E-state index is -0.638. The van der Waals surface area contributed by atoms with Gasteiger partial charge in [-0.15, -0.1) is 0 Å². The normalized spacial score (nSPS) is 41.6. The maximum absolute atomic E-state index is 12.5. The van der Waals surface area contributed by atoms with Crippen molar-refractivity contribution >= 4 is 10.2 Å². The zero-order valence-electron chi connectivity index (χ0n) is 24.6. The molecule has 2 aliphatic rings. The molecule has 0 bridgehead atoms. The van der Waals surface area contributed by atoms with E-state index in [1.807, 2.05) is 21.0 Å². The number of esters is 1. The Labute approximate surface area is 230 Å². The Morgan fingerprint density at radius 1 is 0.889 bits per heavy atom. The molecule has 7 heteroatoms. The van der Waals surface area contributed by atoms with Crippen LogP contribution >= 0.6 is 0 Å². The van der Waals surface area contributed by atoms with Gasteiger partial charge in [0.05, 0.1) is 6.10 Å². The molecular weight excluding hydrogens is 493 g/mol. The van der Waals surface area contributed by atoms with Crippen LogP contribution in [-0.2, 0) is 31.2 Å². The molecule has 2 saturated heterocycles. The predicted molar refractivity (Wildman–Crippen MR) is 143 cm³/mol. The Bertz CT molecular complexity index is 664. The van der Waals surface area contributed by atoms with Gasteiger partial charge in [0.15, 0.2) is 6.29 Å². The van der Waals surface area contributed by atoms with E-state index in [0.29, 0.717) is 29.7 Å². The van der Waals surface area contributed by atoms with Gasteiger partial charge in [-0.2, -0.15) is 0 Å². The summed E-state index contributed by atoms with van der Waals surface area (Å²) in [6, 6.07) is 0.466. The van der Waals surface area contributed by atoms with Crippen molar-refractivity contribution in [2.24, 2.45) is 35.5 Å². The van der Waals surface area contributed by atoms with Crippen LogP contribution in [0.1, 0.15) is 93.9 Å². The SMILES string of the molecule is CC1CC(N(C)C)CC(O)O1.CCC1OC(=O)C(C)C(O)C(C)CC(C)C[C@@H](C)[C](=[V])[C@H](C)C[C@H]1C. The van der Waals surface area contributed by atoms with E-state index in [4.69, 9.17) is 9.47 Å². The molecule has 11 atom stereocenters. The first-order valence-electron chi connectivity index (χ1n) is 14.1. The first kappa shape index (κ1) is 33.8. The topological polar surface area (TPSA) is 79.2 Å². The van der Waals surface area contributed by atoms with E-state index in [2.05, 4.69) is 63.4 Å². The molecule has 211 valence electrons. The van der Waals surface area contributed by atoms with Gasteiger partial charge in [0.25, 0.3) is 0 Å². The average molecular weight is 549 g/mol. The molecular formula is C29H55NO5V. The van der Waals surface area contributed by atoms with Gasteiger partial charge in [-0.3, -0.25) is 0 Å². The Balaban J connectivity index is 0.000000488. The number of ether oxygens (including phenoxy) is 2. The number of nitrogens with zero attached hydrogens (tertiary/aromatic N) is 1. The monoisotopic (exact) mass is 548 g/mol. The summed E-state index contributed by atoms with van der Waals surface area (Å²) < 4.78 is 12.5. The Kier molecular flexibility index (Phi) is 15.0. The quantitative estimate of drug-likeness (QED) is 0.482. The molecule has 2 rings (SSSR count). The predicted octanol–water partition coefficient (Wildman–Crippen LogP) is 4.82. The molecule has 2 heterocycles. The summed E-state index contributed by atoms with van der Waals surface area (Å²) in [5, 5.41) is 19.9. The van der Waals surface area contributed by atoms with Crippen molar-refractivity contribution < 1.29 is 41.5 Å². The van der Waals surface area contributed by atoms with Gasteiger partial charge in [0.1, 0.15) is 0 Å². The van der Waals surface area contributed by atoms with E-state index >= 15 is 0 Å². The van der Waals surface area contributed by atoms with Crippen LogP contribution in [0.3, 0.4) is 0 Å². The third-order valence-corrected chi connectivity index (χ3v) is 9.61. The number of cyclic esters (lactones) is 1. The molecule has 2 fully saturated rings. The molecule has 0 spiro atoms. The molecule has 0 amide bonds. The fourth-order valence-electron chi connectivity index (χ4n) is 5.91. The number of aliphatic hydroxyl groups excluding tert-OH is 2. The summed E-state index contributed by atoms with van der Waals surface area (Å²) in [5.41, 5.74) is 0. The van der Waals surface area contributed by atoms with E-state index in [1.165, 1.54) is 4.23 Å². The van der Waals surface area contributed by atoms with Crippen LogP contribution in [0.15, 0.2) is 0 Å². The van der Waals surface area contributed by atoms with E-state index in [9.17, 15) is 15.0 Å². The average Bonchev–Trinajstić information content (AvgIpc) is 2.79. The summed E-state index contributed by atoms with van der Waals surface area (Å²) in [7, 11) is 4.07. The number of carbonyl (C=O) groups excluding carboxylic acids is 1. The van der Waals surface area contributed by atoms with Gasteiger partial charge in [0.2, 0.25) is 0 Å². The standard InChI is InChI=1S/C21H38O3.C8H17NO2.V/c1-8-19-16(5)11-14(3)9-13(2)10-15(4)12-17(6)20(22)18(7)21(23)24-19;1-6-4-7(9(2)3)5-8(10)11-6;/h13-20,22H,8,10-12H2,1-7H3;6-8,10H,4-5H2,1-3H3;/t13-,14-,15?,16+,17?,18?,19?,20?;;/m0../s1. The first-order valence-corrected chi connectivity index (χ1v) is 14.8. The van der Waals surface area contributed by atoms with Crippen molar-refractivity contribution in [1.29, 1.82) is 0 Å². The van der Waals surface area contributed by atoms with Gasteiger partial charge in [-0.25, -0.2) is 0 Å².